The molecule has 4 rings (SSSR count). The van der Waals surface area contributed by atoms with Gasteiger partial charge >= 0.3 is 0 Å². The van der Waals surface area contributed by atoms with Crippen LogP contribution in [0.2, 0.25) is 0 Å². The van der Waals surface area contributed by atoms with Crippen LogP contribution < -0.4 is 9.91 Å². The summed E-state index contributed by atoms with van der Waals surface area (Å²) in [5.41, 5.74) is 3.81. The van der Waals surface area contributed by atoms with Gasteiger partial charge in [-0.25, -0.2) is 5.01 Å². The van der Waals surface area contributed by atoms with Crippen molar-refractivity contribution in [1.29, 1.82) is 0 Å². The number of ketones is 2. The molecule has 0 fully saturated rings. The number of anilines is 2. The fourth-order valence-corrected chi connectivity index (χ4v) is 6.38. The minimum absolute atomic E-state index is 0.00559. The van der Waals surface area contributed by atoms with Gasteiger partial charge in [-0.05, 0) is 56.8 Å². The smallest absolute Gasteiger partial charge is 0.245 e. The zero-order chi connectivity index (χ0) is 20.8. The van der Waals surface area contributed by atoms with Gasteiger partial charge in [-0.15, -0.1) is 0 Å². The Kier molecular flexibility index (Phi) is 5.04. The number of aryl methyl sites for hydroxylation is 1. The van der Waals surface area contributed by atoms with E-state index in [0.717, 1.165) is 22.6 Å². The molecular formula is C22H21N3O2S2. The minimum Gasteiger partial charge on any atom is -0.301 e. The molecule has 2 aromatic carbocycles. The third kappa shape index (κ3) is 3.28. The molecule has 7 heteroatoms. The van der Waals surface area contributed by atoms with Crippen LogP contribution in [-0.4, -0.2) is 20.9 Å². The first-order chi connectivity index (χ1) is 13.8. The van der Waals surface area contributed by atoms with Crippen molar-refractivity contribution in [3.63, 3.8) is 0 Å². The Morgan fingerprint density at radius 3 is 2.10 bits per heavy atom. The van der Waals surface area contributed by atoms with E-state index in [1.807, 2.05) is 73.5 Å². The van der Waals surface area contributed by atoms with Crippen molar-refractivity contribution in [1.82, 2.24) is 0 Å². The summed E-state index contributed by atoms with van der Waals surface area (Å²) in [6.45, 7) is 7.08. The van der Waals surface area contributed by atoms with Gasteiger partial charge in [0.25, 0.3) is 0 Å². The fraction of sp³-hybridized carbons (Fsp3) is 0.227. The number of carbonyl (C=O) groups excluding carboxylic acids is 2. The van der Waals surface area contributed by atoms with Gasteiger partial charge in [-0.1, -0.05) is 47.7 Å². The average Bonchev–Trinajstić information content (AvgIpc) is 3.22. The predicted molar refractivity (Wildman–Crippen MR) is 122 cm³/mol. The van der Waals surface area contributed by atoms with E-state index >= 15 is 0 Å². The zero-order valence-electron chi connectivity index (χ0n) is 16.7. The summed E-state index contributed by atoms with van der Waals surface area (Å²) in [7, 11) is 0. The van der Waals surface area contributed by atoms with Crippen molar-refractivity contribution in [2.45, 2.75) is 32.0 Å². The van der Waals surface area contributed by atoms with Gasteiger partial charge in [0.05, 0.1) is 10.6 Å². The van der Waals surface area contributed by atoms with E-state index in [1.165, 1.54) is 30.4 Å². The Balaban J connectivity index is 1.91. The maximum absolute atomic E-state index is 12.4. The second kappa shape index (κ2) is 7.39. The van der Waals surface area contributed by atoms with Crippen LogP contribution in [0, 0.1) is 6.92 Å². The van der Waals surface area contributed by atoms with Crippen molar-refractivity contribution in [2.75, 3.05) is 9.91 Å². The Morgan fingerprint density at radius 1 is 0.862 bits per heavy atom. The van der Waals surface area contributed by atoms with Crippen molar-refractivity contribution >= 4 is 51.5 Å². The summed E-state index contributed by atoms with van der Waals surface area (Å²) in [6.07, 6.45) is 0. The van der Waals surface area contributed by atoms with Crippen LogP contribution in [0.25, 0.3) is 0 Å². The molecule has 2 heterocycles. The Labute approximate surface area is 178 Å². The average molecular weight is 424 g/mol. The van der Waals surface area contributed by atoms with E-state index in [9.17, 15) is 9.59 Å². The van der Waals surface area contributed by atoms with Crippen LogP contribution >= 0.6 is 23.5 Å². The number of nitrogens with zero attached hydrogens (tertiary/aromatic N) is 3. The van der Waals surface area contributed by atoms with Gasteiger partial charge in [0.15, 0.2) is 16.6 Å². The van der Waals surface area contributed by atoms with Gasteiger partial charge in [-0.3, -0.25) is 9.59 Å². The molecule has 29 heavy (non-hydrogen) atoms. The first-order valence-corrected chi connectivity index (χ1v) is 10.9. The number of hydrogen-bond acceptors (Lipinski definition) is 7. The van der Waals surface area contributed by atoms with E-state index in [4.69, 9.17) is 0 Å². The molecule has 0 radical (unpaired) electrons. The van der Waals surface area contributed by atoms with Crippen molar-refractivity contribution in [3.05, 3.63) is 70.8 Å². The molecule has 148 valence electrons. The number of carbonyl (C=O) groups is 2. The quantitative estimate of drug-likeness (QED) is 0.679. The first kappa shape index (κ1) is 19.8. The lowest BCUT2D eigenvalue weighted by Gasteiger charge is -2.41. The molecular weight excluding hydrogens is 402 g/mol. The largest absolute Gasteiger partial charge is 0.301 e. The topological polar surface area (TPSA) is 53.0 Å². The van der Waals surface area contributed by atoms with Crippen LogP contribution in [0.5, 0.6) is 0 Å². The number of allylic oxidation sites excluding steroid dienone is 2. The zero-order valence-corrected chi connectivity index (χ0v) is 18.3. The summed E-state index contributed by atoms with van der Waals surface area (Å²) < 4.78 is -0.817. The first-order valence-electron chi connectivity index (χ1n) is 9.25. The van der Waals surface area contributed by atoms with E-state index in [-0.39, 0.29) is 11.6 Å². The van der Waals surface area contributed by atoms with Gasteiger partial charge in [-0.2, -0.15) is 5.10 Å². The summed E-state index contributed by atoms with van der Waals surface area (Å²) >= 11 is 2.83. The molecule has 0 saturated carbocycles. The molecule has 2 aromatic rings. The molecule has 0 unspecified atom stereocenters. The van der Waals surface area contributed by atoms with Crippen LogP contribution in [0.4, 0.5) is 11.4 Å². The maximum atomic E-state index is 12.4. The highest BCUT2D eigenvalue weighted by molar-refractivity contribution is 8.29. The van der Waals surface area contributed by atoms with Gasteiger partial charge in [0.2, 0.25) is 4.33 Å². The predicted octanol–water partition coefficient (Wildman–Crippen LogP) is 5.14. The number of hydrazone groups is 1. The lowest BCUT2D eigenvalue weighted by atomic mass is 10.2. The number of rotatable bonds is 4. The highest BCUT2D eigenvalue weighted by Gasteiger charge is 2.57. The Hall–Kier alpha value is -2.51. The molecule has 0 saturated heterocycles. The SMILES string of the molecule is CC(=O)C1=NN(c2ccc(C)cc2)[C@]2(S1)SC(C(C)=O)=C(C)N2c1ccccc1. The van der Waals surface area contributed by atoms with Crippen LogP contribution in [-0.2, 0) is 9.59 Å². The number of hydrogen-bond donors (Lipinski definition) is 0. The van der Waals surface area contributed by atoms with E-state index in [1.54, 1.807) is 6.92 Å². The molecule has 0 N–H and O–H groups in total. The molecule has 0 aromatic heterocycles. The lowest BCUT2D eigenvalue weighted by Crippen LogP contribution is -2.49. The van der Waals surface area contributed by atoms with Gasteiger partial charge < -0.3 is 4.90 Å². The summed E-state index contributed by atoms with van der Waals surface area (Å²) in [4.78, 5) is 27.5. The number of benzene rings is 2. The third-order valence-corrected chi connectivity index (χ3v) is 7.88. The molecule has 1 atom stereocenters. The van der Waals surface area contributed by atoms with Crippen molar-refractivity contribution in [3.8, 4) is 0 Å². The van der Waals surface area contributed by atoms with Crippen LogP contribution in [0.1, 0.15) is 26.3 Å². The molecule has 2 aliphatic heterocycles. The normalized spacial score (nSPS) is 21.2. The maximum Gasteiger partial charge on any atom is 0.245 e. The molecule has 0 bridgehead atoms. The van der Waals surface area contributed by atoms with Crippen molar-refractivity contribution in [2.24, 2.45) is 5.10 Å². The van der Waals surface area contributed by atoms with Gasteiger partial charge in [0, 0.05) is 18.3 Å². The molecule has 0 aliphatic carbocycles. The third-order valence-electron chi connectivity index (χ3n) is 4.78. The van der Waals surface area contributed by atoms with E-state index in [2.05, 4.69) is 10.0 Å². The Morgan fingerprint density at radius 2 is 1.52 bits per heavy atom. The van der Waals surface area contributed by atoms with E-state index in [0.29, 0.717) is 9.95 Å². The minimum atomic E-state index is -0.817. The lowest BCUT2D eigenvalue weighted by molar-refractivity contribution is -0.113. The van der Waals surface area contributed by atoms with Gasteiger partial charge in [0.1, 0.15) is 0 Å². The number of thioether (sulfide) groups is 2. The molecule has 2 aliphatic rings. The van der Waals surface area contributed by atoms with Crippen LogP contribution in [0.15, 0.2) is 70.3 Å². The monoisotopic (exact) mass is 423 g/mol. The molecule has 0 amide bonds. The summed E-state index contributed by atoms with van der Waals surface area (Å²) in [6, 6.07) is 17.9. The van der Waals surface area contributed by atoms with Crippen LogP contribution in [0.3, 0.4) is 0 Å². The number of Topliss-reactive ketones (excluding diaryl/α,β-unsaturated/α-hetero) is 2. The second-order valence-corrected chi connectivity index (χ2v) is 9.60. The second-order valence-electron chi connectivity index (χ2n) is 7.00. The summed E-state index contributed by atoms with van der Waals surface area (Å²) in [5, 5.41) is 6.98. The fourth-order valence-electron chi connectivity index (χ4n) is 3.42. The summed E-state index contributed by atoms with van der Waals surface area (Å²) in [5.74, 6) is -0.0856. The molecule has 5 nitrogen and oxygen atoms in total. The number of para-hydroxylation sites is 1. The van der Waals surface area contributed by atoms with E-state index < -0.39 is 4.33 Å². The molecule has 1 spiro atoms. The Bertz CT molecular complexity index is 1050. The standard InChI is InChI=1S/C22H21N3O2S2/c1-14-10-12-19(13-11-14)25-22(29-21(23-25)17(4)27)24(18-8-6-5-7-9-18)15(2)20(28-22)16(3)26/h5-13H,1-4H3/t22-/m0/s1. The van der Waals surface area contributed by atoms with Crippen molar-refractivity contribution < 1.29 is 9.59 Å². The highest BCUT2D eigenvalue weighted by Crippen LogP contribution is 2.60. The highest BCUT2D eigenvalue weighted by atomic mass is 32.2.